The first kappa shape index (κ1) is 16.3. The highest BCUT2D eigenvalue weighted by atomic mass is 32.1. The van der Waals surface area contributed by atoms with Crippen molar-refractivity contribution in [3.05, 3.63) is 35.9 Å². The first-order valence-corrected chi connectivity index (χ1v) is 7.86. The maximum Gasteiger partial charge on any atom is 0.223 e. The van der Waals surface area contributed by atoms with Gasteiger partial charge < -0.3 is 10.4 Å². The molecule has 1 aromatic rings. The van der Waals surface area contributed by atoms with Crippen LogP contribution in [-0.2, 0) is 11.2 Å². The number of piperidine rings is 1. The van der Waals surface area contributed by atoms with Crippen molar-refractivity contribution in [3.63, 3.8) is 0 Å². The number of nitrogens with zero attached hydrogens (tertiary/aromatic N) is 1. The molecule has 0 aliphatic carbocycles. The summed E-state index contributed by atoms with van der Waals surface area (Å²) >= 11 is 4.39. The van der Waals surface area contributed by atoms with Crippen LogP contribution in [0.25, 0.3) is 0 Å². The molecule has 2 rings (SSSR count). The van der Waals surface area contributed by atoms with E-state index < -0.39 is 6.10 Å². The average Bonchev–Trinajstić information content (AvgIpc) is 2.42. The van der Waals surface area contributed by atoms with E-state index in [2.05, 4.69) is 30.3 Å². The third-order valence-electron chi connectivity index (χ3n) is 3.97. The summed E-state index contributed by atoms with van der Waals surface area (Å²) in [4.78, 5) is 12.1. The van der Waals surface area contributed by atoms with Gasteiger partial charge >= 0.3 is 0 Å². The third kappa shape index (κ3) is 5.02. The molecular weight excluding hydrogens is 284 g/mol. The SMILES string of the molecule is CC(O)CC(=O)NC1(Cc2ccccc2)CCN(S)CC1. The van der Waals surface area contributed by atoms with Crippen LogP contribution in [0.2, 0.25) is 0 Å². The maximum absolute atomic E-state index is 12.1. The van der Waals surface area contributed by atoms with E-state index in [1.807, 2.05) is 22.5 Å². The fraction of sp³-hybridized carbons (Fsp3) is 0.562. The van der Waals surface area contributed by atoms with Gasteiger partial charge in [-0.25, -0.2) is 0 Å². The minimum Gasteiger partial charge on any atom is -0.393 e. The largest absolute Gasteiger partial charge is 0.393 e. The number of hydrogen-bond donors (Lipinski definition) is 3. The Kier molecular flexibility index (Phi) is 5.67. The molecule has 5 heteroatoms. The van der Waals surface area contributed by atoms with Crippen molar-refractivity contribution in [1.29, 1.82) is 0 Å². The summed E-state index contributed by atoms with van der Waals surface area (Å²) in [5.41, 5.74) is 0.995. The van der Waals surface area contributed by atoms with E-state index in [0.29, 0.717) is 0 Å². The van der Waals surface area contributed by atoms with Gasteiger partial charge in [-0.05, 0) is 31.7 Å². The second-order valence-corrected chi connectivity index (χ2v) is 6.56. The average molecular weight is 308 g/mol. The monoisotopic (exact) mass is 308 g/mol. The Morgan fingerprint density at radius 2 is 2.00 bits per heavy atom. The van der Waals surface area contributed by atoms with Gasteiger partial charge in [0, 0.05) is 18.6 Å². The maximum atomic E-state index is 12.1. The second kappa shape index (κ2) is 7.29. The van der Waals surface area contributed by atoms with Crippen molar-refractivity contribution in [2.24, 2.45) is 0 Å². The van der Waals surface area contributed by atoms with Crippen LogP contribution in [0.3, 0.4) is 0 Å². The van der Waals surface area contributed by atoms with Crippen molar-refractivity contribution in [3.8, 4) is 0 Å². The highest BCUT2D eigenvalue weighted by Crippen LogP contribution is 2.27. The van der Waals surface area contributed by atoms with Crippen molar-refractivity contribution in [2.75, 3.05) is 13.1 Å². The number of nitrogens with one attached hydrogen (secondary N) is 1. The first-order valence-electron chi connectivity index (χ1n) is 7.46. The van der Waals surface area contributed by atoms with Gasteiger partial charge in [0.1, 0.15) is 0 Å². The number of hydrogen-bond acceptors (Lipinski definition) is 4. The first-order chi connectivity index (χ1) is 9.99. The van der Waals surface area contributed by atoms with Gasteiger partial charge in [0.05, 0.1) is 12.5 Å². The lowest BCUT2D eigenvalue weighted by Gasteiger charge is -2.41. The molecule has 1 aliphatic rings. The third-order valence-corrected chi connectivity index (χ3v) is 4.37. The molecule has 1 atom stereocenters. The zero-order valence-corrected chi connectivity index (χ0v) is 13.4. The Morgan fingerprint density at radius 1 is 1.38 bits per heavy atom. The smallest absolute Gasteiger partial charge is 0.223 e. The number of thiol groups is 1. The fourth-order valence-corrected chi connectivity index (χ4v) is 3.07. The second-order valence-electron chi connectivity index (χ2n) is 6.00. The van der Waals surface area contributed by atoms with E-state index in [1.165, 1.54) is 5.56 Å². The lowest BCUT2D eigenvalue weighted by atomic mass is 9.82. The van der Waals surface area contributed by atoms with Crippen molar-refractivity contribution < 1.29 is 9.90 Å². The fourth-order valence-electron chi connectivity index (χ4n) is 2.87. The standard InChI is InChI=1S/C16H24N2O2S/c1-13(19)11-15(20)17-16(7-9-18(21)10-8-16)12-14-5-3-2-4-6-14/h2-6,13,19,21H,7-12H2,1H3,(H,17,20). The van der Waals surface area contributed by atoms with Gasteiger partial charge in [0.2, 0.25) is 5.91 Å². The van der Waals surface area contributed by atoms with Crippen LogP contribution in [0.15, 0.2) is 30.3 Å². The van der Waals surface area contributed by atoms with Gasteiger partial charge in [0.25, 0.3) is 0 Å². The Bertz CT molecular complexity index is 457. The highest BCUT2D eigenvalue weighted by molar-refractivity contribution is 7.77. The van der Waals surface area contributed by atoms with Gasteiger partial charge in [-0.2, -0.15) is 0 Å². The number of aliphatic hydroxyl groups is 1. The molecule has 1 amide bonds. The number of benzene rings is 1. The molecule has 2 N–H and O–H groups in total. The minimum absolute atomic E-state index is 0.0754. The number of carbonyl (C=O) groups excluding carboxylic acids is 1. The van der Waals surface area contributed by atoms with Crippen LogP contribution in [0.1, 0.15) is 31.7 Å². The molecule has 1 heterocycles. The predicted octanol–water partition coefficient (Wildman–Crippen LogP) is 1.80. The van der Waals surface area contributed by atoms with Crippen molar-refractivity contribution in [1.82, 2.24) is 9.62 Å². The van der Waals surface area contributed by atoms with E-state index in [0.717, 1.165) is 32.4 Å². The van der Waals surface area contributed by atoms with Crippen LogP contribution < -0.4 is 5.32 Å². The van der Waals surface area contributed by atoms with Gasteiger partial charge in [-0.3, -0.25) is 9.10 Å². The number of rotatable bonds is 5. The molecule has 0 radical (unpaired) electrons. The topological polar surface area (TPSA) is 52.6 Å². The number of amides is 1. The predicted molar refractivity (Wildman–Crippen MR) is 87.1 cm³/mol. The van der Waals surface area contributed by atoms with Gasteiger partial charge in [-0.1, -0.05) is 43.1 Å². The lowest BCUT2D eigenvalue weighted by Crippen LogP contribution is -2.55. The number of carbonyl (C=O) groups is 1. The summed E-state index contributed by atoms with van der Waals surface area (Å²) in [6.07, 6.45) is 2.11. The van der Waals surface area contributed by atoms with E-state index >= 15 is 0 Å². The van der Waals surface area contributed by atoms with E-state index in [4.69, 9.17) is 0 Å². The van der Waals surface area contributed by atoms with Crippen LogP contribution in [0, 0.1) is 0 Å². The highest BCUT2D eigenvalue weighted by Gasteiger charge is 2.35. The molecule has 1 aromatic carbocycles. The zero-order chi connectivity index (χ0) is 15.3. The Balaban J connectivity index is 2.09. The van der Waals surface area contributed by atoms with Crippen LogP contribution in [-0.4, -0.2) is 40.1 Å². The van der Waals surface area contributed by atoms with E-state index in [9.17, 15) is 9.90 Å². The number of aliphatic hydroxyl groups excluding tert-OH is 1. The lowest BCUT2D eigenvalue weighted by molar-refractivity contribution is -0.125. The molecule has 1 fully saturated rings. The molecular formula is C16H24N2O2S. The Labute approximate surface area is 132 Å². The van der Waals surface area contributed by atoms with Crippen LogP contribution >= 0.6 is 12.8 Å². The summed E-state index contributed by atoms with van der Waals surface area (Å²) in [5.74, 6) is -0.0754. The van der Waals surface area contributed by atoms with Crippen molar-refractivity contribution >= 4 is 18.7 Å². The van der Waals surface area contributed by atoms with Gasteiger partial charge in [-0.15, -0.1) is 0 Å². The summed E-state index contributed by atoms with van der Waals surface area (Å²) in [6.45, 7) is 3.34. The Hall–Kier alpha value is -1.04. The van der Waals surface area contributed by atoms with E-state index in [1.54, 1.807) is 6.92 Å². The minimum atomic E-state index is -0.608. The molecule has 1 saturated heterocycles. The molecule has 0 spiro atoms. The normalized spacial score (nSPS) is 20.0. The summed E-state index contributed by atoms with van der Waals surface area (Å²) in [5, 5.41) is 12.6. The van der Waals surface area contributed by atoms with Gasteiger partial charge in [0.15, 0.2) is 0 Å². The molecule has 4 nitrogen and oxygen atoms in total. The summed E-state index contributed by atoms with van der Waals surface area (Å²) in [7, 11) is 0. The van der Waals surface area contributed by atoms with Crippen molar-refractivity contribution in [2.45, 2.75) is 44.2 Å². The zero-order valence-electron chi connectivity index (χ0n) is 12.5. The van der Waals surface area contributed by atoms with E-state index in [-0.39, 0.29) is 17.9 Å². The molecule has 0 bridgehead atoms. The van der Waals surface area contributed by atoms with Crippen LogP contribution in [0.4, 0.5) is 0 Å². The summed E-state index contributed by atoms with van der Waals surface area (Å²) < 4.78 is 1.99. The van der Waals surface area contributed by atoms with Crippen LogP contribution in [0.5, 0.6) is 0 Å². The molecule has 1 aliphatic heterocycles. The summed E-state index contributed by atoms with van der Waals surface area (Å²) in [6, 6.07) is 10.2. The quantitative estimate of drug-likeness (QED) is 0.727. The molecule has 1 unspecified atom stereocenters. The molecule has 21 heavy (non-hydrogen) atoms. The molecule has 0 aromatic heterocycles. The Morgan fingerprint density at radius 3 is 2.57 bits per heavy atom. The molecule has 116 valence electrons. The molecule has 0 saturated carbocycles.